The monoisotopic (exact) mass is 309 g/mol. The van der Waals surface area contributed by atoms with Gasteiger partial charge in [0.15, 0.2) is 0 Å². The van der Waals surface area contributed by atoms with E-state index in [9.17, 15) is 14.4 Å². The standard InChI is InChI=1S/C16H27N3O3/c1-16(2,18-9-4-3-5-10-18)12-17-13(20)8-11-19-14(21)6-7-15(19)22/h3-12H2,1-2H3,(H,17,20). The van der Waals surface area contributed by atoms with Gasteiger partial charge in [-0.05, 0) is 39.8 Å². The molecule has 3 amide bonds. The molecular formula is C16H27N3O3. The molecule has 2 saturated heterocycles. The van der Waals surface area contributed by atoms with Gasteiger partial charge >= 0.3 is 0 Å². The Labute approximate surface area is 132 Å². The fraction of sp³-hybridized carbons (Fsp3) is 0.812. The van der Waals surface area contributed by atoms with Crippen LogP contribution in [0.3, 0.4) is 0 Å². The summed E-state index contributed by atoms with van der Waals surface area (Å²) in [7, 11) is 0. The molecule has 2 rings (SSSR count). The third-order valence-corrected chi connectivity index (χ3v) is 4.65. The second-order valence-corrected chi connectivity index (χ2v) is 6.83. The summed E-state index contributed by atoms with van der Waals surface area (Å²) < 4.78 is 0. The van der Waals surface area contributed by atoms with Crippen molar-refractivity contribution < 1.29 is 14.4 Å². The van der Waals surface area contributed by atoms with Gasteiger partial charge in [-0.15, -0.1) is 0 Å². The number of amides is 3. The van der Waals surface area contributed by atoms with E-state index in [1.54, 1.807) is 0 Å². The summed E-state index contributed by atoms with van der Waals surface area (Å²) in [4.78, 5) is 38.6. The van der Waals surface area contributed by atoms with Crippen molar-refractivity contribution in [3.8, 4) is 0 Å². The highest BCUT2D eigenvalue weighted by Crippen LogP contribution is 2.19. The molecule has 0 aromatic heterocycles. The lowest BCUT2D eigenvalue weighted by Crippen LogP contribution is -2.53. The first kappa shape index (κ1) is 16.9. The van der Waals surface area contributed by atoms with Crippen molar-refractivity contribution in [2.24, 2.45) is 0 Å². The zero-order valence-electron chi connectivity index (χ0n) is 13.7. The van der Waals surface area contributed by atoms with Crippen molar-refractivity contribution in [1.29, 1.82) is 0 Å². The molecule has 0 bridgehead atoms. The molecule has 6 heteroatoms. The number of hydrogen-bond acceptors (Lipinski definition) is 4. The summed E-state index contributed by atoms with van der Waals surface area (Å²) in [5.41, 5.74) is -0.0602. The van der Waals surface area contributed by atoms with Crippen LogP contribution < -0.4 is 5.32 Å². The van der Waals surface area contributed by atoms with E-state index in [2.05, 4.69) is 24.1 Å². The molecule has 2 fully saturated rings. The van der Waals surface area contributed by atoms with Crippen LogP contribution in [0, 0.1) is 0 Å². The predicted octanol–water partition coefficient (Wildman–Crippen LogP) is 0.906. The molecule has 0 spiro atoms. The third kappa shape index (κ3) is 4.29. The van der Waals surface area contributed by atoms with E-state index in [-0.39, 0.29) is 49.1 Å². The maximum Gasteiger partial charge on any atom is 0.229 e. The Balaban J connectivity index is 1.72. The zero-order chi connectivity index (χ0) is 16.2. The minimum Gasteiger partial charge on any atom is -0.354 e. The zero-order valence-corrected chi connectivity index (χ0v) is 13.7. The molecular weight excluding hydrogens is 282 g/mol. The number of piperidine rings is 1. The van der Waals surface area contributed by atoms with Crippen LogP contribution in [0.25, 0.3) is 0 Å². The van der Waals surface area contributed by atoms with E-state index in [0.717, 1.165) is 13.1 Å². The van der Waals surface area contributed by atoms with Gasteiger partial charge < -0.3 is 5.32 Å². The van der Waals surface area contributed by atoms with E-state index in [1.807, 2.05) is 0 Å². The minimum absolute atomic E-state index is 0.0602. The number of carbonyl (C=O) groups is 3. The summed E-state index contributed by atoms with van der Waals surface area (Å²) >= 11 is 0. The summed E-state index contributed by atoms with van der Waals surface area (Å²) in [5, 5.41) is 2.94. The minimum atomic E-state index is -0.161. The van der Waals surface area contributed by atoms with Gasteiger partial charge in [0.25, 0.3) is 0 Å². The van der Waals surface area contributed by atoms with Gasteiger partial charge in [0, 0.05) is 37.9 Å². The highest BCUT2D eigenvalue weighted by atomic mass is 16.2. The van der Waals surface area contributed by atoms with Gasteiger partial charge in [-0.3, -0.25) is 24.2 Å². The van der Waals surface area contributed by atoms with E-state index in [0.29, 0.717) is 6.54 Å². The fourth-order valence-corrected chi connectivity index (χ4v) is 3.10. The Morgan fingerprint density at radius 3 is 2.27 bits per heavy atom. The maximum atomic E-state index is 12.0. The second-order valence-electron chi connectivity index (χ2n) is 6.83. The first-order chi connectivity index (χ1) is 10.4. The van der Waals surface area contributed by atoms with Crippen LogP contribution in [0.4, 0.5) is 0 Å². The topological polar surface area (TPSA) is 69.7 Å². The van der Waals surface area contributed by atoms with E-state index >= 15 is 0 Å². The average Bonchev–Trinajstić information content (AvgIpc) is 2.83. The van der Waals surface area contributed by atoms with Gasteiger partial charge in [0.2, 0.25) is 17.7 Å². The van der Waals surface area contributed by atoms with Crippen molar-refractivity contribution in [2.75, 3.05) is 26.2 Å². The van der Waals surface area contributed by atoms with Crippen molar-refractivity contribution in [1.82, 2.24) is 15.1 Å². The van der Waals surface area contributed by atoms with Crippen LogP contribution in [0.2, 0.25) is 0 Å². The van der Waals surface area contributed by atoms with Crippen LogP contribution in [-0.4, -0.2) is 59.2 Å². The van der Waals surface area contributed by atoms with Crippen LogP contribution in [-0.2, 0) is 14.4 Å². The summed E-state index contributed by atoms with van der Waals surface area (Å²) in [6, 6.07) is 0. The van der Waals surface area contributed by atoms with Gasteiger partial charge in [0.1, 0.15) is 0 Å². The van der Waals surface area contributed by atoms with Crippen LogP contribution >= 0.6 is 0 Å². The quantitative estimate of drug-likeness (QED) is 0.740. The SMILES string of the molecule is CC(C)(CNC(=O)CCN1C(=O)CCC1=O)N1CCCCC1. The molecule has 0 aliphatic carbocycles. The summed E-state index contributed by atoms with van der Waals surface area (Å²) in [5.74, 6) is -0.421. The lowest BCUT2D eigenvalue weighted by Gasteiger charge is -2.41. The Bertz CT molecular complexity index is 426. The van der Waals surface area contributed by atoms with Crippen molar-refractivity contribution in [2.45, 2.75) is 57.9 Å². The van der Waals surface area contributed by atoms with Crippen molar-refractivity contribution in [3.63, 3.8) is 0 Å². The Hall–Kier alpha value is -1.43. The van der Waals surface area contributed by atoms with Gasteiger partial charge in [0.05, 0.1) is 0 Å². The number of nitrogens with one attached hydrogen (secondary N) is 1. The first-order valence-electron chi connectivity index (χ1n) is 8.25. The summed E-state index contributed by atoms with van der Waals surface area (Å²) in [6.07, 6.45) is 4.47. The van der Waals surface area contributed by atoms with Crippen molar-refractivity contribution in [3.05, 3.63) is 0 Å². The lowest BCUT2D eigenvalue weighted by molar-refractivity contribution is -0.138. The normalized spacial score (nSPS) is 20.5. The second kappa shape index (κ2) is 7.22. The molecule has 22 heavy (non-hydrogen) atoms. The summed E-state index contributed by atoms with van der Waals surface area (Å²) in [6.45, 7) is 7.25. The smallest absolute Gasteiger partial charge is 0.229 e. The van der Waals surface area contributed by atoms with Crippen LogP contribution in [0.1, 0.15) is 52.4 Å². The fourth-order valence-electron chi connectivity index (χ4n) is 3.10. The Kier molecular flexibility index (Phi) is 5.56. The molecule has 1 N–H and O–H groups in total. The van der Waals surface area contributed by atoms with Gasteiger partial charge in [-0.2, -0.15) is 0 Å². The number of imide groups is 1. The van der Waals surface area contributed by atoms with Gasteiger partial charge in [-0.1, -0.05) is 6.42 Å². The number of carbonyl (C=O) groups excluding carboxylic acids is 3. The number of hydrogen-bond donors (Lipinski definition) is 1. The maximum absolute atomic E-state index is 12.0. The Morgan fingerprint density at radius 1 is 1.09 bits per heavy atom. The highest BCUT2D eigenvalue weighted by molar-refractivity contribution is 6.02. The molecule has 2 heterocycles. The highest BCUT2D eigenvalue weighted by Gasteiger charge is 2.30. The van der Waals surface area contributed by atoms with E-state index in [1.165, 1.54) is 24.2 Å². The van der Waals surface area contributed by atoms with Gasteiger partial charge in [-0.25, -0.2) is 0 Å². The molecule has 0 radical (unpaired) electrons. The molecule has 2 aliphatic heterocycles. The third-order valence-electron chi connectivity index (χ3n) is 4.65. The molecule has 0 unspecified atom stereocenters. The van der Waals surface area contributed by atoms with Crippen molar-refractivity contribution >= 4 is 17.7 Å². The predicted molar refractivity (Wildman–Crippen MR) is 83.1 cm³/mol. The van der Waals surface area contributed by atoms with E-state index < -0.39 is 0 Å². The van der Waals surface area contributed by atoms with Crippen LogP contribution in [0.5, 0.6) is 0 Å². The number of rotatable bonds is 6. The largest absolute Gasteiger partial charge is 0.354 e. The number of nitrogens with zero attached hydrogens (tertiary/aromatic N) is 2. The molecule has 0 aromatic rings. The Morgan fingerprint density at radius 2 is 1.68 bits per heavy atom. The molecule has 124 valence electrons. The molecule has 0 aromatic carbocycles. The van der Waals surface area contributed by atoms with E-state index in [4.69, 9.17) is 0 Å². The van der Waals surface area contributed by atoms with Crippen LogP contribution in [0.15, 0.2) is 0 Å². The molecule has 2 aliphatic rings. The number of likely N-dealkylation sites (tertiary alicyclic amines) is 2. The average molecular weight is 309 g/mol. The lowest BCUT2D eigenvalue weighted by atomic mass is 9.98. The first-order valence-corrected chi connectivity index (χ1v) is 8.25. The molecule has 6 nitrogen and oxygen atoms in total. The molecule has 0 saturated carbocycles. The molecule has 0 atom stereocenters.